The van der Waals surface area contributed by atoms with Crippen molar-refractivity contribution in [3.05, 3.63) is 47.0 Å². The van der Waals surface area contributed by atoms with Crippen LogP contribution < -0.4 is 25.0 Å². The lowest BCUT2D eigenvalue weighted by Gasteiger charge is -2.24. The number of halogens is 1. The fourth-order valence-electron chi connectivity index (χ4n) is 2.72. The number of ether oxygens (including phenoxy) is 2. The Morgan fingerprint density at radius 2 is 1.89 bits per heavy atom. The van der Waals surface area contributed by atoms with Crippen molar-refractivity contribution in [3.63, 3.8) is 0 Å². The van der Waals surface area contributed by atoms with Gasteiger partial charge in [-0.2, -0.15) is 0 Å². The molecule has 0 aliphatic carbocycles. The molecule has 0 spiro atoms. The topological polar surface area (TPSA) is 45.8 Å². The Hall–Kier alpha value is -2.18. The van der Waals surface area contributed by atoms with E-state index >= 15 is 0 Å². The molecule has 0 aliphatic rings. The molecule has 146 valence electrons. The zero-order valence-electron chi connectivity index (χ0n) is 16.1. The van der Waals surface area contributed by atoms with Crippen molar-refractivity contribution in [1.29, 1.82) is 0 Å². The molecule has 0 heterocycles. The highest BCUT2D eigenvalue weighted by Crippen LogP contribution is 2.35. The summed E-state index contributed by atoms with van der Waals surface area (Å²) in [7, 11) is 3.15. The molecule has 7 heteroatoms. The Balaban J connectivity index is 1.94. The predicted molar refractivity (Wildman–Crippen MR) is 118 cm³/mol. The SMILES string of the molecule is CCN(CCNC(=S)Nc1cc(OC)c(Cl)cc1OC)c1cccc(C)c1. The van der Waals surface area contributed by atoms with E-state index in [0.29, 0.717) is 33.9 Å². The minimum atomic E-state index is 0.482. The lowest BCUT2D eigenvalue weighted by molar-refractivity contribution is 0.405. The quantitative estimate of drug-likeness (QED) is 0.629. The zero-order valence-corrected chi connectivity index (χ0v) is 17.7. The first kappa shape index (κ1) is 21.1. The van der Waals surface area contributed by atoms with Gasteiger partial charge in [-0.25, -0.2) is 0 Å². The summed E-state index contributed by atoms with van der Waals surface area (Å²) in [6.45, 7) is 6.71. The fourth-order valence-corrected chi connectivity index (χ4v) is 3.17. The van der Waals surface area contributed by atoms with Crippen LogP contribution in [0, 0.1) is 6.92 Å². The van der Waals surface area contributed by atoms with Gasteiger partial charge in [0.15, 0.2) is 5.11 Å². The molecule has 0 unspecified atom stereocenters. The summed E-state index contributed by atoms with van der Waals surface area (Å²) in [5.41, 5.74) is 3.16. The molecule has 2 N–H and O–H groups in total. The lowest BCUT2D eigenvalue weighted by Crippen LogP contribution is -2.37. The standard InChI is InChI=1S/C20H26ClN3O2S/c1-5-24(15-8-6-7-14(2)11-15)10-9-22-20(27)23-17-13-18(25-3)16(21)12-19(17)26-4/h6-8,11-13H,5,9-10H2,1-4H3,(H2,22,23,27). The van der Waals surface area contributed by atoms with Crippen LogP contribution >= 0.6 is 23.8 Å². The summed E-state index contributed by atoms with van der Waals surface area (Å²) < 4.78 is 10.6. The molecule has 0 fully saturated rings. The number of hydrogen-bond donors (Lipinski definition) is 2. The third kappa shape index (κ3) is 5.91. The van der Waals surface area contributed by atoms with Gasteiger partial charge < -0.3 is 25.0 Å². The van der Waals surface area contributed by atoms with Crippen LogP contribution in [0.3, 0.4) is 0 Å². The number of nitrogens with one attached hydrogen (secondary N) is 2. The van der Waals surface area contributed by atoms with E-state index in [1.165, 1.54) is 11.3 Å². The summed E-state index contributed by atoms with van der Waals surface area (Å²) in [5, 5.41) is 7.37. The molecule has 0 saturated carbocycles. The number of rotatable bonds is 8. The van der Waals surface area contributed by atoms with E-state index in [9.17, 15) is 0 Å². The smallest absolute Gasteiger partial charge is 0.170 e. The van der Waals surface area contributed by atoms with Crippen LogP contribution in [0.4, 0.5) is 11.4 Å². The molecule has 0 amide bonds. The van der Waals surface area contributed by atoms with Gasteiger partial charge >= 0.3 is 0 Å². The molecule has 2 rings (SSSR count). The van der Waals surface area contributed by atoms with Gasteiger partial charge in [0.25, 0.3) is 0 Å². The van der Waals surface area contributed by atoms with Gasteiger partial charge in [-0.05, 0) is 43.8 Å². The van der Waals surface area contributed by atoms with E-state index in [0.717, 1.165) is 13.1 Å². The number of nitrogens with zero attached hydrogens (tertiary/aromatic N) is 1. The molecule has 2 aromatic rings. The Bertz CT molecular complexity index is 786. The van der Waals surface area contributed by atoms with Crippen LogP contribution in [-0.2, 0) is 0 Å². The number of likely N-dealkylation sites (N-methyl/N-ethyl adjacent to an activating group) is 1. The van der Waals surface area contributed by atoms with Gasteiger partial charge in [-0.3, -0.25) is 0 Å². The van der Waals surface area contributed by atoms with E-state index in [1.54, 1.807) is 26.4 Å². The maximum atomic E-state index is 6.13. The second kappa shape index (κ2) is 10.2. The molecule has 5 nitrogen and oxygen atoms in total. The van der Waals surface area contributed by atoms with Crippen LogP contribution in [-0.4, -0.2) is 39.0 Å². The highest BCUT2D eigenvalue weighted by Gasteiger charge is 2.11. The van der Waals surface area contributed by atoms with Crippen molar-refractivity contribution in [2.75, 3.05) is 44.1 Å². The van der Waals surface area contributed by atoms with E-state index in [1.807, 2.05) is 0 Å². The minimum absolute atomic E-state index is 0.482. The number of thiocarbonyl (C=S) groups is 1. The van der Waals surface area contributed by atoms with Crippen LogP contribution in [0.25, 0.3) is 0 Å². The number of benzene rings is 2. The van der Waals surface area contributed by atoms with Crippen molar-refractivity contribution in [3.8, 4) is 11.5 Å². The largest absolute Gasteiger partial charge is 0.495 e. The average Bonchev–Trinajstić information content (AvgIpc) is 2.66. The molecule has 0 atom stereocenters. The third-order valence-corrected chi connectivity index (χ3v) is 4.68. The summed E-state index contributed by atoms with van der Waals surface area (Å²) in [4.78, 5) is 2.30. The Kier molecular flexibility index (Phi) is 8.00. The number of hydrogen-bond acceptors (Lipinski definition) is 4. The zero-order chi connectivity index (χ0) is 19.8. The number of methoxy groups -OCH3 is 2. The molecule has 0 aliphatic heterocycles. The van der Waals surface area contributed by atoms with Gasteiger partial charge in [0, 0.05) is 37.5 Å². The molecule has 0 radical (unpaired) electrons. The van der Waals surface area contributed by atoms with Crippen LogP contribution in [0.15, 0.2) is 36.4 Å². The molecular formula is C20H26ClN3O2S. The van der Waals surface area contributed by atoms with Gasteiger partial charge in [-0.1, -0.05) is 23.7 Å². The normalized spacial score (nSPS) is 10.3. The fraction of sp³-hybridized carbons (Fsp3) is 0.350. The molecule has 0 aromatic heterocycles. The summed E-state index contributed by atoms with van der Waals surface area (Å²) in [6, 6.07) is 11.9. The Labute approximate surface area is 171 Å². The van der Waals surface area contributed by atoms with Crippen molar-refractivity contribution >= 4 is 40.3 Å². The van der Waals surface area contributed by atoms with E-state index < -0.39 is 0 Å². The first-order valence-corrected chi connectivity index (χ1v) is 9.55. The van der Waals surface area contributed by atoms with Gasteiger partial charge in [0.2, 0.25) is 0 Å². The van der Waals surface area contributed by atoms with Crippen LogP contribution in [0.2, 0.25) is 5.02 Å². The van der Waals surface area contributed by atoms with E-state index in [4.69, 9.17) is 33.3 Å². The monoisotopic (exact) mass is 407 g/mol. The number of anilines is 2. The highest BCUT2D eigenvalue weighted by molar-refractivity contribution is 7.80. The summed E-state index contributed by atoms with van der Waals surface area (Å²) in [6.07, 6.45) is 0. The third-order valence-electron chi connectivity index (χ3n) is 4.14. The second-order valence-corrected chi connectivity index (χ2v) is 6.80. The molecule has 27 heavy (non-hydrogen) atoms. The maximum absolute atomic E-state index is 6.13. The average molecular weight is 408 g/mol. The van der Waals surface area contributed by atoms with Crippen molar-refractivity contribution in [1.82, 2.24) is 5.32 Å². The van der Waals surface area contributed by atoms with Crippen LogP contribution in [0.1, 0.15) is 12.5 Å². The van der Waals surface area contributed by atoms with E-state index in [-0.39, 0.29) is 0 Å². The number of aryl methyl sites for hydroxylation is 1. The first-order valence-electron chi connectivity index (χ1n) is 8.76. The minimum Gasteiger partial charge on any atom is -0.495 e. The van der Waals surface area contributed by atoms with Crippen molar-refractivity contribution in [2.24, 2.45) is 0 Å². The van der Waals surface area contributed by atoms with E-state index in [2.05, 4.69) is 53.6 Å². The maximum Gasteiger partial charge on any atom is 0.170 e. The molecular weight excluding hydrogens is 382 g/mol. The predicted octanol–water partition coefficient (Wildman–Crippen LogP) is 4.48. The molecule has 0 bridgehead atoms. The molecule has 2 aromatic carbocycles. The summed E-state index contributed by atoms with van der Waals surface area (Å²) in [5.74, 6) is 1.15. The van der Waals surface area contributed by atoms with Crippen molar-refractivity contribution in [2.45, 2.75) is 13.8 Å². The van der Waals surface area contributed by atoms with Gasteiger partial charge in [-0.15, -0.1) is 0 Å². The van der Waals surface area contributed by atoms with Crippen molar-refractivity contribution < 1.29 is 9.47 Å². The summed E-state index contributed by atoms with van der Waals surface area (Å²) >= 11 is 11.5. The second-order valence-electron chi connectivity index (χ2n) is 5.99. The Morgan fingerprint density at radius 3 is 2.52 bits per heavy atom. The Morgan fingerprint density at radius 1 is 1.15 bits per heavy atom. The van der Waals surface area contributed by atoms with Gasteiger partial charge in [0.1, 0.15) is 11.5 Å². The van der Waals surface area contributed by atoms with Crippen LogP contribution in [0.5, 0.6) is 11.5 Å². The molecule has 0 saturated heterocycles. The lowest BCUT2D eigenvalue weighted by atomic mass is 10.2. The highest BCUT2D eigenvalue weighted by atomic mass is 35.5. The van der Waals surface area contributed by atoms with Gasteiger partial charge in [0.05, 0.1) is 24.9 Å². The first-order chi connectivity index (χ1) is 13.0.